The van der Waals surface area contributed by atoms with Crippen LogP contribution in [0.4, 0.5) is 17.3 Å². The second-order valence-corrected chi connectivity index (χ2v) is 9.30. The lowest BCUT2D eigenvalue weighted by Crippen LogP contribution is -2.51. The van der Waals surface area contributed by atoms with E-state index in [9.17, 15) is 0 Å². The van der Waals surface area contributed by atoms with Gasteiger partial charge in [-0.15, -0.1) is 0 Å². The molecule has 1 saturated heterocycles. The number of hydrogen-bond acceptors (Lipinski definition) is 6. The van der Waals surface area contributed by atoms with Crippen molar-refractivity contribution in [1.29, 1.82) is 0 Å². The number of hydrogen-bond donors (Lipinski definition) is 2. The number of benzene rings is 2. The second kappa shape index (κ2) is 12.1. The number of guanidine groups is 1. The molecule has 0 aliphatic carbocycles. The Kier molecular flexibility index (Phi) is 8.62. The lowest BCUT2D eigenvalue weighted by atomic mass is 10.2. The van der Waals surface area contributed by atoms with Crippen molar-refractivity contribution in [3.63, 3.8) is 0 Å². The van der Waals surface area contributed by atoms with E-state index in [-0.39, 0.29) is 5.11 Å². The number of aromatic nitrogens is 2. The molecule has 11 heteroatoms. The Balaban J connectivity index is 1.56. The number of anilines is 3. The third-order valence-electron chi connectivity index (χ3n) is 5.83. The third-order valence-corrected chi connectivity index (χ3v) is 6.28. The van der Waals surface area contributed by atoms with Gasteiger partial charge >= 0.3 is 0 Å². The number of halogens is 1. The van der Waals surface area contributed by atoms with Crippen molar-refractivity contribution in [3.05, 3.63) is 64.9 Å². The van der Waals surface area contributed by atoms with Crippen LogP contribution < -0.4 is 25.0 Å². The van der Waals surface area contributed by atoms with E-state index >= 15 is 0 Å². The summed E-state index contributed by atoms with van der Waals surface area (Å²) in [6, 6.07) is 15.3. The van der Waals surface area contributed by atoms with Gasteiger partial charge in [-0.25, -0.2) is 9.97 Å². The number of ether oxygens (including phenoxy) is 2. The zero-order chi connectivity index (χ0) is 26.4. The summed E-state index contributed by atoms with van der Waals surface area (Å²) in [5.41, 5.74) is 3.52. The van der Waals surface area contributed by atoms with Crippen molar-refractivity contribution in [2.24, 2.45) is 4.99 Å². The van der Waals surface area contributed by atoms with Gasteiger partial charge in [0.05, 0.1) is 19.9 Å². The molecule has 2 aromatic carbocycles. The number of rotatable bonds is 5. The molecule has 0 amide bonds. The van der Waals surface area contributed by atoms with E-state index in [1.165, 1.54) is 0 Å². The minimum Gasteiger partial charge on any atom is -0.497 e. The van der Waals surface area contributed by atoms with E-state index < -0.39 is 0 Å². The Morgan fingerprint density at radius 3 is 2.22 bits per heavy atom. The first-order chi connectivity index (χ1) is 17.8. The summed E-state index contributed by atoms with van der Waals surface area (Å²) < 4.78 is 10.8. The molecule has 0 bridgehead atoms. The Morgan fingerprint density at radius 2 is 1.59 bits per heavy atom. The number of methoxy groups -OCH3 is 2. The molecule has 1 aliphatic heterocycles. The van der Waals surface area contributed by atoms with Crippen LogP contribution in [0.5, 0.6) is 11.5 Å². The summed E-state index contributed by atoms with van der Waals surface area (Å²) in [6.45, 7) is 6.93. The van der Waals surface area contributed by atoms with Gasteiger partial charge < -0.3 is 24.6 Å². The Labute approximate surface area is 227 Å². The zero-order valence-corrected chi connectivity index (χ0v) is 22.9. The summed E-state index contributed by atoms with van der Waals surface area (Å²) in [6.07, 6.45) is 0. The highest BCUT2D eigenvalue weighted by Gasteiger charge is 2.22. The van der Waals surface area contributed by atoms with Gasteiger partial charge in [0, 0.05) is 54.3 Å². The van der Waals surface area contributed by atoms with Crippen molar-refractivity contribution < 1.29 is 9.47 Å². The average Bonchev–Trinajstić information content (AvgIpc) is 2.88. The minimum atomic E-state index is 0.263. The van der Waals surface area contributed by atoms with Crippen molar-refractivity contribution in [2.45, 2.75) is 13.8 Å². The Hall–Kier alpha value is -3.63. The van der Waals surface area contributed by atoms with Crippen LogP contribution in [-0.2, 0) is 0 Å². The van der Waals surface area contributed by atoms with Crippen LogP contribution in [0.2, 0.25) is 5.02 Å². The molecule has 9 nitrogen and oxygen atoms in total. The normalized spacial score (nSPS) is 13.8. The highest BCUT2D eigenvalue weighted by Crippen LogP contribution is 2.29. The molecule has 1 fully saturated rings. The van der Waals surface area contributed by atoms with Crippen LogP contribution >= 0.6 is 23.8 Å². The number of aryl methyl sites for hydroxylation is 2. The lowest BCUT2D eigenvalue weighted by molar-refractivity contribution is 0.385. The number of nitrogens with one attached hydrogen (secondary N) is 2. The smallest absolute Gasteiger partial charge is 0.229 e. The van der Waals surface area contributed by atoms with Crippen molar-refractivity contribution in [1.82, 2.24) is 14.9 Å². The van der Waals surface area contributed by atoms with Gasteiger partial charge in [0.1, 0.15) is 11.5 Å². The standard InChI is InChI=1S/C26H30ClN7O2S/c1-17-15-18(2)29-24(28-17)31-25(32-26(37)30-22-16-21(35-3)9-10-23(22)36-4)34-13-11-33(12-14-34)20-7-5-19(27)6-8-20/h5-10,15-16H,11-14H2,1-4H3,(H2,28,29,30,31,32,37). The molecular formula is C26H30ClN7O2S. The van der Waals surface area contributed by atoms with Crippen LogP contribution in [0.25, 0.3) is 0 Å². The number of thiocarbonyl (C=S) groups is 1. The minimum absolute atomic E-state index is 0.263. The first-order valence-corrected chi connectivity index (χ1v) is 12.6. The Morgan fingerprint density at radius 1 is 0.919 bits per heavy atom. The van der Waals surface area contributed by atoms with Gasteiger partial charge in [-0.1, -0.05) is 11.6 Å². The van der Waals surface area contributed by atoms with Crippen LogP contribution in [0.1, 0.15) is 11.4 Å². The first-order valence-electron chi connectivity index (χ1n) is 11.8. The fourth-order valence-electron chi connectivity index (χ4n) is 4.04. The van der Waals surface area contributed by atoms with Gasteiger partial charge in [-0.2, -0.15) is 4.99 Å². The molecule has 4 rings (SSSR count). The molecule has 2 heterocycles. The SMILES string of the molecule is COc1ccc(OC)c(NC(=S)/N=C(/Nc2nc(C)cc(C)n2)N2CCN(c3ccc(Cl)cc3)CC2)c1. The second-order valence-electron chi connectivity index (χ2n) is 8.48. The van der Waals surface area contributed by atoms with Crippen LogP contribution in [-0.4, -0.2) is 66.3 Å². The maximum atomic E-state index is 6.06. The fourth-order valence-corrected chi connectivity index (χ4v) is 4.36. The van der Waals surface area contributed by atoms with E-state index in [1.54, 1.807) is 14.2 Å². The number of aliphatic imine (C=N–C) groups is 1. The summed E-state index contributed by atoms with van der Waals surface area (Å²) in [5.74, 6) is 2.34. The maximum Gasteiger partial charge on any atom is 0.229 e. The fraction of sp³-hybridized carbons (Fsp3) is 0.308. The third kappa shape index (κ3) is 6.99. The molecule has 1 aliphatic rings. The molecule has 37 heavy (non-hydrogen) atoms. The molecule has 0 saturated carbocycles. The van der Waals surface area contributed by atoms with E-state index in [0.29, 0.717) is 29.1 Å². The van der Waals surface area contributed by atoms with E-state index in [4.69, 9.17) is 38.3 Å². The van der Waals surface area contributed by atoms with E-state index in [0.717, 1.165) is 48.3 Å². The highest BCUT2D eigenvalue weighted by atomic mass is 35.5. The van der Waals surface area contributed by atoms with Crippen molar-refractivity contribution >= 4 is 52.2 Å². The van der Waals surface area contributed by atoms with Gasteiger partial charge in [-0.3, -0.25) is 5.32 Å². The molecule has 2 N–H and O–H groups in total. The van der Waals surface area contributed by atoms with Gasteiger partial charge in [0.2, 0.25) is 17.0 Å². The van der Waals surface area contributed by atoms with Gasteiger partial charge in [0.25, 0.3) is 0 Å². The lowest BCUT2D eigenvalue weighted by Gasteiger charge is -2.37. The molecule has 0 atom stereocenters. The average molecular weight is 540 g/mol. The molecule has 0 spiro atoms. The first kappa shape index (κ1) is 26.4. The van der Waals surface area contributed by atoms with Crippen molar-refractivity contribution in [3.8, 4) is 11.5 Å². The zero-order valence-electron chi connectivity index (χ0n) is 21.3. The quantitative estimate of drug-likeness (QED) is 0.271. The topological polar surface area (TPSA) is 87.1 Å². The molecule has 194 valence electrons. The Bertz CT molecular complexity index is 1260. The van der Waals surface area contributed by atoms with Crippen molar-refractivity contribution in [2.75, 3.05) is 55.9 Å². The van der Waals surface area contributed by atoms with Gasteiger partial charge in [0.15, 0.2) is 0 Å². The largest absolute Gasteiger partial charge is 0.497 e. The van der Waals surface area contributed by atoms with Crippen LogP contribution in [0, 0.1) is 13.8 Å². The summed E-state index contributed by atoms with van der Waals surface area (Å²) in [5, 5.41) is 7.44. The van der Waals surface area contributed by atoms with E-state index in [1.807, 2.05) is 62.4 Å². The van der Waals surface area contributed by atoms with E-state index in [2.05, 4.69) is 30.4 Å². The molecular weight excluding hydrogens is 510 g/mol. The summed E-state index contributed by atoms with van der Waals surface area (Å²) in [4.78, 5) is 18.2. The molecule has 3 aromatic rings. The summed E-state index contributed by atoms with van der Waals surface area (Å²) >= 11 is 11.7. The van der Waals surface area contributed by atoms with Crippen LogP contribution in [0.15, 0.2) is 53.5 Å². The van der Waals surface area contributed by atoms with Crippen LogP contribution in [0.3, 0.4) is 0 Å². The molecule has 0 radical (unpaired) electrons. The number of nitrogens with zero attached hydrogens (tertiary/aromatic N) is 5. The number of piperazine rings is 1. The van der Waals surface area contributed by atoms with Gasteiger partial charge in [-0.05, 0) is 68.5 Å². The predicted molar refractivity (Wildman–Crippen MR) is 154 cm³/mol. The molecule has 0 unspecified atom stereocenters. The molecule has 1 aromatic heterocycles. The summed E-state index contributed by atoms with van der Waals surface area (Å²) in [7, 11) is 3.21. The maximum absolute atomic E-state index is 6.06. The monoisotopic (exact) mass is 539 g/mol. The predicted octanol–water partition coefficient (Wildman–Crippen LogP) is 4.75. The highest BCUT2D eigenvalue weighted by molar-refractivity contribution is 7.80.